The number of hydrogen-bond donors (Lipinski definition) is 1. The predicted octanol–water partition coefficient (Wildman–Crippen LogP) is 4.89. The molecule has 0 saturated carbocycles. The summed E-state index contributed by atoms with van der Waals surface area (Å²) in [6.45, 7) is 3.29. The van der Waals surface area contributed by atoms with Gasteiger partial charge in [-0.25, -0.2) is 4.98 Å². The molecule has 1 fully saturated rings. The van der Waals surface area contributed by atoms with Crippen LogP contribution in [0.15, 0.2) is 46.9 Å². The van der Waals surface area contributed by atoms with Crippen LogP contribution in [0.3, 0.4) is 0 Å². The highest BCUT2D eigenvalue weighted by molar-refractivity contribution is 9.10. The maximum absolute atomic E-state index is 13.1. The molecule has 1 atom stereocenters. The number of methoxy groups -OCH3 is 1. The summed E-state index contributed by atoms with van der Waals surface area (Å²) in [5, 5.41) is 3.87. The molecule has 0 spiro atoms. The van der Waals surface area contributed by atoms with Gasteiger partial charge >= 0.3 is 0 Å². The van der Waals surface area contributed by atoms with Crippen LogP contribution in [0, 0.1) is 6.92 Å². The standard InChI is InChI=1S/C23H23BrN2O3/c1-14-9-16(24)11-19-20(23(27)25-13-18-7-4-8-29-18)12-21(26-22(14)19)15-5-3-6-17(10-15)28-2/h3,5-6,9-12,18H,4,7-8,13H2,1-2H3,(H,25,27)/t18-/m1/s1. The maximum Gasteiger partial charge on any atom is 0.252 e. The Morgan fingerprint density at radius 1 is 1.31 bits per heavy atom. The van der Waals surface area contributed by atoms with E-state index < -0.39 is 0 Å². The van der Waals surface area contributed by atoms with E-state index in [1.165, 1.54) is 0 Å². The van der Waals surface area contributed by atoms with Gasteiger partial charge in [-0.15, -0.1) is 0 Å². The van der Waals surface area contributed by atoms with E-state index in [-0.39, 0.29) is 12.0 Å². The molecule has 3 aromatic rings. The Kier molecular flexibility index (Phi) is 5.83. The van der Waals surface area contributed by atoms with Crippen LogP contribution in [0.5, 0.6) is 5.75 Å². The zero-order chi connectivity index (χ0) is 20.4. The topological polar surface area (TPSA) is 60.5 Å². The van der Waals surface area contributed by atoms with E-state index in [9.17, 15) is 4.79 Å². The largest absolute Gasteiger partial charge is 0.497 e. The molecule has 29 heavy (non-hydrogen) atoms. The van der Waals surface area contributed by atoms with Gasteiger partial charge in [0, 0.05) is 28.6 Å². The fourth-order valence-electron chi connectivity index (χ4n) is 3.68. The fraction of sp³-hybridized carbons (Fsp3) is 0.304. The van der Waals surface area contributed by atoms with Gasteiger partial charge < -0.3 is 14.8 Å². The second-order valence-electron chi connectivity index (χ2n) is 7.25. The molecule has 1 saturated heterocycles. The molecule has 5 nitrogen and oxygen atoms in total. The van der Waals surface area contributed by atoms with E-state index in [1.807, 2.05) is 49.4 Å². The molecule has 0 unspecified atom stereocenters. The first-order valence-corrected chi connectivity index (χ1v) is 10.5. The number of halogens is 1. The molecule has 0 bridgehead atoms. The van der Waals surface area contributed by atoms with Crippen molar-refractivity contribution < 1.29 is 14.3 Å². The minimum atomic E-state index is -0.116. The molecular weight excluding hydrogens is 432 g/mol. The highest BCUT2D eigenvalue weighted by Crippen LogP contribution is 2.30. The van der Waals surface area contributed by atoms with E-state index in [4.69, 9.17) is 14.5 Å². The number of aryl methyl sites for hydroxylation is 1. The average Bonchev–Trinajstić information content (AvgIpc) is 3.25. The summed E-state index contributed by atoms with van der Waals surface area (Å²) in [6.07, 6.45) is 2.13. The van der Waals surface area contributed by atoms with Gasteiger partial charge in [0.25, 0.3) is 5.91 Å². The van der Waals surface area contributed by atoms with E-state index in [0.717, 1.165) is 57.4 Å². The minimum Gasteiger partial charge on any atom is -0.497 e. The Hall–Kier alpha value is -2.44. The molecule has 2 aromatic carbocycles. The summed E-state index contributed by atoms with van der Waals surface area (Å²) in [4.78, 5) is 18.0. The first-order chi connectivity index (χ1) is 14.0. The third-order valence-electron chi connectivity index (χ3n) is 5.19. The van der Waals surface area contributed by atoms with Crippen LogP contribution in [0.4, 0.5) is 0 Å². The third kappa shape index (κ3) is 4.28. The lowest BCUT2D eigenvalue weighted by molar-refractivity contribution is 0.0859. The predicted molar refractivity (Wildman–Crippen MR) is 117 cm³/mol. The van der Waals surface area contributed by atoms with E-state index in [2.05, 4.69) is 21.2 Å². The van der Waals surface area contributed by atoms with Crippen molar-refractivity contribution in [2.75, 3.05) is 20.3 Å². The second-order valence-corrected chi connectivity index (χ2v) is 8.17. The summed E-state index contributed by atoms with van der Waals surface area (Å²) in [5.74, 6) is 0.635. The van der Waals surface area contributed by atoms with Gasteiger partial charge in [0.2, 0.25) is 0 Å². The van der Waals surface area contributed by atoms with E-state index >= 15 is 0 Å². The Balaban J connectivity index is 1.78. The van der Waals surface area contributed by atoms with Crippen molar-refractivity contribution in [1.82, 2.24) is 10.3 Å². The molecule has 4 rings (SSSR count). The SMILES string of the molecule is COc1cccc(-c2cc(C(=O)NC[C@H]3CCCO3)c3cc(Br)cc(C)c3n2)c1. The van der Waals surface area contributed by atoms with Crippen LogP contribution in [0.25, 0.3) is 22.2 Å². The van der Waals surface area contributed by atoms with E-state index in [0.29, 0.717) is 12.1 Å². The first-order valence-electron chi connectivity index (χ1n) is 9.70. The lowest BCUT2D eigenvalue weighted by Crippen LogP contribution is -2.32. The molecule has 1 amide bonds. The summed E-state index contributed by atoms with van der Waals surface area (Å²) in [6, 6.07) is 13.5. The quantitative estimate of drug-likeness (QED) is 0.595. The van der Waals surface area contributed by atoms with Gasteiger partial charge in [-0.1, -0.05) is 28.1 Å². The van der Waals surface area contributed by atoms with Crippen LogP contribution < -0.4 is 10.1 Å². The number of nitrogens with one attached hydrogen (secondary N) is 1. The zero-order valence-corrected chi connectivity index (χ0v) is 18.1. The average molecular weight is 455 g/mol. The molecule has 1 aromatic heterocycles. The van der Waals surface area contributed by atoms with Crippen molar-refractivity contribution in [1.29, 1.82) is 0 Å². The number of rotatable bonds is 5. The zero-order valence-electron chi connectivity index (χ0n) is 16.5. The molecule has 2 heterocycles. The second kappa shape index (κ2) is 8.51. The van der Waals surface area contributed by atoms with Crippen molar-refractivity contribution >= 4 is 32.7 Å². The molecule has 6 heteroatoms. The van der Waals surface area contributed by atoms with Gasteiger partial charge in [0.1, 0.15) is 5.75 Å². The summed E-state index contributed by atoms with van der Waals surface area (Å²) >= 11 is 3.55. The summed E-state index contributed by atoms with van der Waals surface area (Å²) < 4.78 is 11.9. The number of hydrogen-bond acceptors (Lipinski definition) is 4. The van der Waals surface area contributed by atoms with Crippen molar-refractivity contribution in [3.8, 4) is 17.0 Å². The number of carbonyl (C=O) groups is 1. The molecule has 1 N–H and O–H groups in total. The van der Waals surface area contributed by atoms with Crippen LogP contribution in [-0.2, 0) is 4.74 Å². The number of benzene rings is 2. The van der Waals surface area contributed by atoms with Crippen molar-refractivity contribution in [3.05, 3.63) is 58.1 Å². The van der Waals surface area contributed by atoms with Gasteiger partial charge in [-0.3, -0.25) is 4.79 Å². The number of carbonyl (C=O) groups excluding carboxylic acids is 1. The Morgan fingerprint density at radius 3 is 2.93 bits per heavy atom. The molecule has 0 radical (unpaired) electrons. The van der Waals surface area contributed by atoms with Crippen molar-refractivity contribution in [2.45, 2.75) is 25.9 Å². The number of aromatic nitrogens is 1. The molecule has 0 aliphatic carbocycles. The van der Waals surface area contributed by atoms with Gasteiger partial charge in [0.05, 0.1) is 30.0 Å². The lowest BCUT2D eigenvalue weighted by Gasteiger charge is -2.14. The van der Waals surface area contributed by atoms with E-state index in [1.54, 1.807) is 7.11 Å². The number of nitrogens with zero attached hydrogens (tertiary/aromatic N) is 1. The summed E-state index contributed by atoms with van der Waals surface area (Å²) in [5.41, 5.74) is 4.07. The van der Waals surface area contributed by atoms with Gasteiger partial charge in [-0.05, 0) is 55.7 Å². The maximum atomic E-state index is 13.1. The van der Waals surface area contributed by atoms with Crippen LogP contribution in [0.2, 0.25) is 0 Å². The van der Waals surface area contributed by atoms with Gasteiger partial charge in [0.15, 0.2) is 0 Å². The molecule has 1 aliphatic rings. The number of fused-ring (bicyclic) bond motifs is 1. The molecule has 150 valence electrons. The number of ether oxygens (including phenoxy) is 2. The molecular formula is C23H23BrN2O3. The minimum absolute atomic E-state index is 0.0957. The van der Waals surface area contributed by atoms with Crippen LogP contribution in [-0.4, -0.2) is 37.3 Å². The van der Waals surface area contributed by atoms with Crippen molar-refractivity contribution in [3.63, 3.8) is 0 Å². The van der Waals surface area contributed by atoms with Gasteiger partial charge in [-0.2, -0.15) is 0 Å². The Bertz CT molecular complexity index is 1060. The Morgan fingerprint density at radius 2 is 2.17 bits per heavy atom. The number of pyridine rings is 1. The van der Waals surface area contributed by atoms with Crippen LogP contribution >= 0.6 is 15.9 Å². The highest BCUT2D eigenvalue weighted by Gasteiger charge is 2.19. The van der Waals surface area contributed by atoms with Crippen molar-refractivity contribution in [2.24, 2.45) is 0 Å². The third-order valence-corrected chi connectivity index (χ3v) is 5.65. The monoisotopic (exact) mass is 454 g/mol. The normalized spacial score (nSPS) is 16.2. The van der Waals surface area contributed by atoms with Crippen LogP contribution in [0.1, 0.15) is 28.8 Å². The molecule has 1 aliphatic heterocycles. The Labute approximate surface area is 178 Å². The fourth-order valence-corrected chi connectivity index (χ4v) is 4.25. The summed E-state index contributed by atoms with van der Waals surface area (Å²) in [7, 11) is 1.64. The highest BCUT2D eigenvalue weighted by atomic mass is 79.9. The first kappa shape index (κ1) is 19.9. The lowest BCUT2D eigenvalue weighted by atomic mass is 10.0. The smallest absolute Gasteiger partial charge is 0.252 e. The number of amides is 1.